The highest BCUT2D eigenvalue weighted by Crippen LogP contribution is 2.13. The number of nitrogens with two attached hydrogens (primary N) is 1. The molecular formula is C9H16N4O. The summed E-state index contributed by atoms with van der Waals surface area (Å²) in [5.74, 6) is 6.32. The summed E-state index contributed by atoms with van der Waals surface area (Å²) in [6.45, 7) is 4.13. The van der Waals surface area contributed by atoms with Crippen LogP contribution >= 0.6 is 0 Å². The third kappa shape index (κ3) is 3.18. The molecule has 1 aromatic heterocycles. The molecule has 0 saturated heterocycles. The molecule has 0 bridgehead atoms. The Balaban J connectivity index is 2.57. The van der Waals surface area contributed by atoms with Crippen molar-refractivity contribution in [1.82, 2.24) is 9.97 Å². The minimum Gasteiger partial charge on any atom is -0.475 e. The average molecular weight is 196 g/mol. The maximum absolute atomic E-state index is 5.55. The van der Waals surface area contributed by atoms with Gasteiger partial charge in [-0.3, -0.25) is 0 Å². The van der Waals surface area contributed by atoms with Crippen LogP contribution in [0.5, 0.6) is 5.88 Å². The zero-order valence-corrected chi connectivity index (χ0v) is 8.53. The van der Waals surface area contributed by atoms with Crippen molar-refractivity contribution < 1.29 is 4.74 Å². The first-order valence-corrected chi connectivity index (χ1v) is 4.71. The molecule has 5 heteroatoms. The van der Waals surface area contributed by atoms with Gasteiger partial charge in [0.1, 0.15) is 12.1 Å². The van der Waals surface area contributed by atoms with E-state index in [4.69, 9.17) is 10.6 Å². The van der Waals surface area contributed by atoms with Crippen molar-refractivity contribution in [3.8, 4) is 5.88 Å². The number of rotatable bonds is 5. The van der Waals surface area contributed by atoms with Gasteiger partial charge in [0.15, 0.2) is 0 Å². The van der Waals surface area contributed by atoms with E-state index in [2.05, 4.69) is 22.3 Å². The van der Waals surface area contributed by atoms with Gasteiger partial charge in [-0.25, -0.2) is 15.8 Å². The third-order valence-electron chi connectivity index (χ3n) is 1.81. The van der Waals surface area contributed by atoms with Crippen LogP contribution in [0, 0.1) is 0 Å². The van der Waals surface area contributed by atoms with Gasteiger partial charge in [0, 0.05) is 6.07 Å². The number of nitrogens with zero attached hydrogens (tertiary/aromatic N) is 2. The molecule has 3 N–H and O–H groups in total. The molecule has 0 radical (unpaired) electrons. The quantitative estimate of drug-likeness (QED) is 0.549. The highest BCUT2D eigenvalue weighted by molar-refractivity contribution is 5.35. The molecule has 0 amide bonds. The Morgan fingerprint density at radius 3 is 3.00 bits per heavy atom. The molecule has 0 spiro atoms. The van der Waals surface area contributed by atoms with Crippen molar-refractivity contribution in [1.29, 1.82) is 0 Å². The first-order valence-electron chi connectivity index (χ1n) is 4.71. The number of nitrogens with one attached hydrogen (secondary N) is 1. The lowest BCUT2D eigenvalue weighted by Crippen LogP contribution is -2.13. The molecule has 0 fully saturated rings. The van der Waals surface area contributed by atoms with Gasteiger partial charge in [-0.1, -0.05) is 13.3 Å². The molecule has 14 heavy (non-hydrogen) atoms. The highest BCUT2D eigenvalue weighted by Gasteiger charge is 2.04. The van der Waals surface area contributed by atoms with Crippen molar-refractivity contribution in [2.75, 3.05) is 5.43 Å². The number of aromatic nitrogens is 2. The summed E-state index contributed by atoms with van der Waals surface area (Å²) in [6.07, 6.45) is 3.69. The molecule has 0 aliphatic rings. The van der Waals surface area contributed by atoms with Crippen molar-refractivity contribution in [2.45, 2.75) is 32.8 Å². The summed E-state index contributed by atoms with van der Waals surface area (Å²) in [4.78, 5) is 7.86. The van der Waals surface area contributed by atoms with E-state index in [0.717, 1.165) is 12.8 Å². The Morgan fingerprint density at radius 2 is 2.36 bits per heavy atom. The van der Waals surface area contributed by atoms with Gasteiger partial charge in [0.05, 0.1) is 6.10 Å². The standard InChI is InChI=1S/C9H16N4O/c1-3-4-7(2)14-9-5-8(13-10)11-6-12-9/h5-7H,3-4,10H2,1-2H3,(H,11,12,13). The number of nitrogen functional groups attached to an aromatic ring is 1. The Bertz CT molecular complexity index is 279. The summed E-state index contributed by atoms with van der Waals surface area (Å²) in [5.41, 5.74) is 2.44. The monoisotopic (exact) mass is 196 g/mol. The molecule has 1 atom stereocenters. The van der Waals surface area contributed by atoms with Crippen LogP contribution < -0.4 is 16.0 Å². The van der Waals surface area contributed by atoms with Gasteiger partial charge >= 0.3 is 0 Å². The van der Waals surface area contributed by atoms with Crippen molar-refractivity contribution in [3.63, 3.8) is 0 Å². The SMILES string of the molecule is CCCC(C)Oc1cc(NN)ncn1. The Morgan fingerprint density at radius 1 is 1.57 bits per heavy atom. The summed E-state index contributed by atoms with van der Waals surface area (Å²) in [6, 6.07) is 1.67. The summed E-state index contributed by atoms with van der Waals surface area (Å²) >= 11 is 0. The number of anilines is 1. The van der Waals surface area contributed by atoms with Gasteiger partial charge < -0.3 is 10.2 Å². The van der Waals surface area contributed by atoms with E-state index in [1.54, 1.807) is 6.07 Å². The molecule has 0 aliphatic carbocycles. The van der Waals surface area contributed by atoms with Crippen LogP contribution in [0.15, 0.2) is 12.4 Å². The predicted octanol–water partition coefficient (Wildman–Crippen LogP) is 1.33. The summed E-state index contributed by atoms with van der Waals surface area (Å²) < 4.78 is 5.55. The van der Waals surface area contributed by atoms with E-state index in [0.29, 0.717) is 11.7 Å². The average Bonchev–Trinajstić information content (AvgIpc) is 2.18. The second-order valence-corrected chi connectivity index (χ2v) is 3.10. The Hall–Kier alpha value is -1.36. The first-order chi connectivity index (χ1) is 6.76. The van der Waals surface area contributed by atoms with Gasteiger partial charge in [-0.05, 0) is 13.3 Å². The molecule has 1 unspecified atom stereocenters. The van der Waals surface area contributed by atoms with Crippen molar-refractivity contribution in [2.24, 2.45) is 5.84 Å². The van der Waals surface area contributed by atoms with E-state index in [-0.39, 0.29) is 6.10 Å². The predicted molar refractivity (Wildman–Crippen MR) is 54.8 cm³/mol. The van der Waals surface area contributed by atoms with Crippen LogP contribution in [-0.2, 0) is 0 Å². The minimum atomic E-state index is 0.167. The second kappa shape index (κ2) is 5.39. The third-order valence-corrected chi connectivity index (χ3v) is 1.81. The molecule has 0 aromatic carbocycles. The van der Waals surface area contributed by atoms with E-state index in [1.807, 2.05) is 6.92 Å². The van der Waals surface area contributed by atoms with E-state index < -0.39 is 0 Å². The lowest BCUT2D eigenvalue weighted by molar-refractivity contribution is 0.201. The minimum absolute atomic E-state index is 0.167. The Labute approximate surface area is 83.7 Å². The van der Waals surface area contributed by atoms with Crippen LogP contribution in [0.25, 0.3) is 0 Å². The zero-order chi connectivity index (χ0) is 10.4. The van der Waals surface area contributed by atoms with Gasteiger partial charge in [-0.15, -0.1) is 0 Å². The lowest BCUT2D eigenvalue weighted by atomic mass is 10.2. The number of ether oxygens (including phenoxy) is 1. The van der Waals surface area contributed by atoms with E-state index in [1.165, 1.54) is 6.33 Å². The van der Waals surface area contributed by atoms with Crippen molar-refractivity contribution >= 4 is 5.82 Å². The van der Waals surface area contributed by atoms with Crippen molar-refractivity contribution in [3.05, 3.63) is 12.4 Å². The fraction of sp³-hybridized carbons (Fsp3) is 0.556. The van der Waals surface area contributed by atoms with Gasteiger partial charge in [-0.2, -0.15) is 0 Å². The zero-order valence-electron chi connectivity index (χ0n) is 8.53. The fourth-order valence-corrected chi connectivity index (χ4v) is 1.15. The molecule has 78 valence electrons. The van der Waals surface area contributed by atoms with Crippen LogP contribution in [0.1, 0.15) is 26.7 Å². The lowest BCUT2D eigenvalue weighted by Gasteiger charge is -2.12. The number of hydrogen-bond acceptors (Lipinski definition) is 5. The normalized spacial score (nSPS) is 12.2. The molecule has 1 heterocycles. The van der Waals surface area contributed by atoms with Crippen LogP contribution in [0.2, 0.25) is 0 Å². The van der Waals surface area contributed by atoms with E-state index in [9.17, 15) is 0 Å². The molecule has 5 nitrogen and oxygen atoms in total. The summed E-state index contributed by atoms with van der Waals surface area (Å²) in [5, 5.41) is 0. The van der Waals surface area contributed by atoms with Gasteiger partial charge in [0.25, 0.3) is 0 Å². The second-order valence-electron chi connectivity index (χ2n) is 3.10. The van der Waals surface area contributed by atoms with E-state index >= 15 is 0 Å². The number of hydrazine groups is 1. The molecule has 1 rings (SSSR count). The van der Waals surface area contributed by atoms with Crippen LogP contribution in [0.3, 0.4) is 0 Å². The maximum atomic E-state index is 5.55. The smallest absolute Gasteiger partial charge is 0.218 e. The molecule has 0 aliphatic heterocycles. The molecule has 0 saturated carbocycles. The highest BCUT2D eigenvalue weighted by atomic mass is 16.5. The molecular weight excluding hydrogens is 180 g/mol. The van der Waals surface area contributed by atoms with Crippen LogP contribution in [0.4, 0.5) is 5.82 Å². The Kier molecular flexibility index (Phi) is 4.12. The maximum Gasteiger partial charge on any atom is 0.218 e. The van der Waals surface area contributed by atoms with Gasteiger partial charge in [0.2, 0.25) is 5.88 Å². The van der Waals surface area contributed by atoms with Crippen LogP contribution in [-0.4, -0.2) is 16.1 Å². The first kappa shape index (κ1) is 10.7. The number of hydrogen-bond donors (Lipinski definition) is 2. The molecule has 1 aromatic rings. The largest absolute Gasteiger partial charge is 0.475 e. The summed E-state index contributed by atoms with van der Waals surface area (Å²) in [7, 11) is 0. The fourth-order valence-electron chi connectivity index (χ4n) is 1.15. The topological polar surface area (TPSA) is 73.1 Å².